The van der Waals surface area contributed by atoms with Gasteiger partial charge in [-0.1, -0.05) is 20.8 Å². The lowest BCUT2D eigenvalue weighted by Gasteiger charge is -2.36. The second-order valence-corrected chi connectivity index (χ2v) is 13.1. The Labute approximate surface area is 157 Å². The average Bonchev–Trinajstić information content (AvgIpc) is 3.14. The van der Waals surface area contributed by atoms with Gasteiger partial charge in [-0.3, -0.25) is 4.57 Å². The van der Waals surface area contributed by atoms with Crippen molar-refractivity contribution in [1.29, 1.82) is 0 Å². The van der Waals surface area contributed by atoms with Gasteiger partial charge >= 0.3 is 5.82 Å². The zero-order valence-electron chi connectivity index (χ0n) is 16.0. The number of imidazole rings is 1. The van der Waals surface area contributed by atoms with Crippen LogP contribution in [-0.2, 0) is 9.16 Å². The number of halogens is 1. The molecule has 2 aromatic rings. The Morgan fingerprint density at radius 1 is 1.41 bits per heavy atom. The minimum atomic E-state index is -1.96. The van der Waals surface area contributed by atoms with Crippen LogP contribution in [-0.4, -0.2) is 51.6 Å². The largest absolute Gasteiger partial charge is 0.414 e. The van der Waals surface area contributed by atoms with E-state index in [1.165, 1.54) is 10.9 Å². The number of rotatable bonds is 5. The molecule has 9 nitrogen and oxygen atoms in total. The molecular weight excluding hydrogens is 373 g/mol. The molecule has 1 aliphatic heterocycles. The Balaban J connectivity index is 1.77. The lowest BCUT2D eigenvalue weighted by atomic mass is 10.2. The molecule has 0 spiro atoms. The van der Waals surface area contributed by atoms with E-state index >= 15 is 0 Å². The van der Waals surface area contributed by atoms with E-state index in [1.54, 1.807) is 0 Å². The van der Waals surface area contributed by atoms with Crippen LogP contribution in [0.5, 0.6) is 0 Å². The van der Waals surface area contributed by atoms with E-state index in [1.807, 2.05) is 0 Å². The molecule has 1 aliphatic rings. The Morgan fingerprint density at radius 3 is 2.74 bits per heavy atom. The van der Waals surface area contributed by atoms with Gasteiger partial charge in [0.2, 0.25) is 11.8 Å². The van der Waals surface area contributed by atoms with Gasteiger partial charge in [-0.05, 0) is 28.0 Å². The maximum absolute atomic E-state index is 14.6. The van der Waals surface area contributed by atoms with Crippen molar-refractivity contribution in [2.45, 2.75) is 63.8 Å². The van der Waals surface area contributed by atoms with Gasteiger partial charge in [-0.2, -0.15) is 4.98 Å². The molecule has 148 valence electrons. The molecule has 3 heterocycles. The van der Waals surface area contributed by atoms with E-state index in [0.717, 1.165) is 6.33 Å². The van der Waals surface area contributed by atoms with Crippen molar-refractivity contribution in [3.8, 4) is 0 Å². The van der Waals surface area contributed by atoms with Crippen LogP contribution in [0.4, 0.5) is 10.2 Å². The summed E-state index contributed by atoms with van der Waals surface area (Å²) >= 11 is 0. The summed E-state index contributed by atoms with van der Waals surface area (Å²) in [5.74, 6) is -0.412. The highest BCUT2D eigenvalue weighted by atomic mass is 28.4. The van der Waals surface area contributed by atoms with Crippen LogP contribution in [0.2, 0.25) is 18.1 Å². The zero-order chi connectivity index (χ0) is 20.0. The first-order valence-electron chi connectivity index (χ1n) is 8.76. The number of ether oxygens (including phenoxy) is 1. The van der Waals surface area contributed by atoms with Gasteiger partial charge in [0.05, 0.1) is 19.0 Å². The molecule has 0 N–H and O–H groups in total. The smallest absolute Gasteiger partial charge is 0.395 e. The van der Waals surface area contributed by atoms with Gasteiger partial charge in [0, 0.05) is 6.42 Å². The lowest BCUT2D eigenvalue weighted by molar-refractivity contribution is -0.387. The molecule has 1 fully saturated rings. The lowest BCUT2D eigenvalue weighted by Crippen LogP contribution is -2.42. The summed E-state index contributed by atoms with van der Waals surface area (Å²) in [7, 11) is -1.96. The van der Waals surface area contributed by atoms with E-state index in [9.17, 15) is 14.5 Å². The molecular formula is C16H24FN5O4Si. The highest BCUT2D eigenvalue weighted by Crippen LogP contribution is 2.38. The third kappa shape index (κ3) is 3.71. The summed E-state index contributed by atoms with van der Waals surface area (Å²) < 4.78 is 28.0. The molecule has 0 radical (unpaired) electrons. The van der Waals surface area contributed by atoms with Crippen molar-refractivity contribution >= 4 is 25.3 Å². The summed E-state index contributed by atoms with van der Waals surface area (Å²) in [6.45, 7) is 11.0. The van der Waals surface area contributed by atoms with E-state index in [0.29, 0.717) is 6.61 Å². The fourth-order valence-corrected chi connectivity index (χ4v) is 3.77. The van der Waals surface area contributed by atoms with Crippen LogP contribution in [0.25, 0.3) is 11.2 Å². The van der Waals surface area contributed by atoms with Crippen LogP contribution < -0.4 is 0 Å². The standard InChI is InChI=1S/C16H24FN5O4Si/c1-16(2,3)27(4,5)25-7-10-6-11(17)15(26-10)21-9-20-12-13(21)18-8-19-14(12)22(23)24/h8-11,15H,6-7H2,1-5H3/t10-,11-,15+/m0/s1. The van der Waals surface area contributed by atoms with Crippen LogP contribution in [0.15, 0.2) is 12.7 Å². The highest BCUT2D eigenvalue weighted by Gasteiger charge is 2.42. The zero-order valence-corrected chi connectivity index (χ0v) is 17.0. The molecule has 0 unspecified atom stereocenters. The Bertz CT molecular complexity index is 853. The monoisotopic (exact) mass is 397 g/mol. The number of nitrogens with zero attached hydrogens (tertiary/aromatic N) is 5. The first-order valence-corrected chi connectivity index (χ1v) is 11.7. The van der Waals surface area contributed by atoms with Crippen LogP contribution >= 0.6 is 0 Å². The molecule has 0 amide bonds. The predicted molar refractivity (Wildman–Crippen MR) is 98.5 cm³/mol. The quantitative estimate of drug-likeness (QED) is 0.432. The second-order valence-electron chi connectivity index (χ2n) is 8.25. The van der Waals surface area contributed by atoms with Gasteiger partial charge in [0.25, 0.3) is 0 Å². The predicted octanol–water partition coefficient (Wildman–Crippen LogP) is 3.38. The molecule has 2 aromatic heterocycles. The average molecular weight is 397 g/mol. The summed E-state index contributed by atoms with van der Waals surface area (Å²) in [5, 5.41) is 11.1. The Hall–Kier alpha value is -1.98. The first kappa shape index (κ1) is 19.8. The molecule has 3 rings (SSSR count). The second kappa shape index (κ2) is 6.88. The van der Waals surface area contributed by atoms with Crippen LogP contribution in [0, 0.1) is 10.1 Å². The van der Waals surface area contributed by atoms with Crippen molar-refractivity contribution < 1.29 is 18.5 Å². The number of fused-ring (bicyclic) bond motifs is 1. The van der Waals surface area contributed by atoms with Gasteiger partial charge < -0.3 is 19.3 Å². The SMILES string of the molecule is CC(C)(C)[Si](C)(C)OC[C@@H]1C[C@H](F)[C@H](n2cnc3c([N+](=O)[O-])ncnc32)O1. The molecule has 0 saturated carbocycles. The third-order valence-electron chi connectivity index (χ3n) is 5.35. The molecule has 11 heteroatoms. The molecule has 3 atom stereocenters. The van der Waals surface area contributed by atoms with Gasteiger partial charge in [0.15, 0.2) is 20.2 Å². The summed E-state index contributed by atoms with van der Waals surface area (Å²) in [5.41, 5.74) is 0.189. The van der Waals surface area contributed by atoms with Crippen LogP contribution in [0.3, 0.4) is 0 Å². The number of alkyl halides is 1. The number of nitro groups is 1. The summed E-state index contributed by atoms with van der Waals surface area (Å²) in [4.78, 5) is 22.1. The normalized spacial score (nSPS) is 23.9. The van der Waals surface area contributed by atoms with Gasteiger partial charge in [0.1, 0.15) is 6.17 Å². The van der Waals surface area contributed by atoms with E-state index < -0.39 is 37.6 Å². The molecule has 1 saturated heterocycles. The minimum absolute atomic E-state index is 0.0132. The molecule has 0 aliphatic carbocycles. The summed E-state index contributed by atoms with van der Waals surface area (Å²) in [6, 6.07) is 0. The fourth-order valence-electron chi connectivity index (χ4n) is 2.73. The topological polar surface area (TPSA) is 105 Å². The van der Waals surface area contributed by atoms with Crippen molar-refractivity contribution in [2.75, 3.05) is 6.61 Å². The molecule has 0 aromatic carbocycles. The number of aromatic nitrogens is 4. The number of hydrogen-bond acceptors (Lipinski definition) is 7. The van der Waals surface area contributed by atoms with Crippen molar-refractivity contribution in [1.82, 2.24) is 19.5 Å². The first-order chi connectivity index (χ1) is 12.5. The maximum Gasteiger partial charge on any atom is 0.395 e. The van der Waals surface area contributed by atoms with Gasteiger partial charge in [-0.15, -0.1) is 0 Å². The Kier molecular flexibility index (Phi) is 5.03. The van der Waals surface area contributed by atoms with E-state index in [2.05, 4.69) is 48.8 Å². The third-order valence-corrected chi connectivity index (χ3v) is 9.85. The molecule has 0 bridgehead atoms. The van der Waals surface area contributed by atoms with Crippen molar-refractivity contribution in [3.63, 3.8) is 0 Å². The van der Waals surface area contributed by atoms with Crippen LogP contribution in [0.1, 0.15) is 33.4 Å². The van der Waals surface area contributed by atoms with E-state index in [4.69, 9.17) is 9.16 Å². The van der Waals surface area contributed by atoms with E-state index in [-0.39, 0.29) is 22.6 Å². The number of hydrogen-bond donors (Lipinski definition) is 0. The minimum Gasteiger partial charge on any atom is -0.414 e. The Morgan fingerprint density at radius 2 is 2.11 bits per heavy atom. The fraction of sp³-hybridized carbons (Fsp3) is 0.688. The molecule has 27 heavy (non-hydrogen) atoms. The van der Waals surface area contributed by atoms with Crippen molar-refractivity contribution in [2.24, 2.45) is 0 Å². The maximum atomic E-state index is 14.6. The highest BCUT2D eigenvalue weighted by molar-refractivity contribution is 6.74. The van der Waals surface area contributed by atoms with Crippen molar-refractivity contribution in [3.05, 3.63) is 22.8 Å². The summed E-state index contributed by atoms with van der Waals surface area (Å²) in [6.07, 6.45) is -0.0681. The van der Waals surface area contributed by atoms with Gasteiger partial charge in [-0.25, -0.2) is 9.37 Å².